The van der Waals surface area contributed by atoms with Crippen LogP contribution in [0.3, 0.4) is 0 Å². The lowest BCUT2D eigenvalue weighted by atomic mass is 10.0. The first-order valence-electron chi connectivity index (χ1n) is 9.55. The Balaban J connectivity index is 1.51. The van der Waals surface area contributed by atoms with Crippen molar-refractivity contribution >= 4 is 11.8 Å². The predicted molar refractivity (Wildman–Crippen MR) is 107 cm³/mol. The number of hydrogen-bond acceptors (Lipinski definition) is 7. The zero-order chi connectivity index (χ0) is 21.8. The van der Waals surface area contributed by atoms with Crippen molar-refractivity contribution in [1.82, 2.24) is 10.2 Å². The fourth-order valence-corrected chi connectivity index (χ4v) is 3.28. The average Bonchev–Trinajstić information content (AvgIpc) is 2.73. The molecule has 2 amide bonds. The van der Waals surface area contributed by atoms with Gasteiger partial charge in [-0.05, 0) is 56.2 Å². The number of nitrogens with one attached hydrogen (secondary N) is 1. The maximum Gasteiger partial charge on any atom is 0.263 e. The van der Waals surface area contributed by atoms with Gasteiger partial charge in [0.15, 0.2) is 23.4 Å². The molecule has 1 aliphatic rings. The quantitative estimate of drug-likeness (QED) is 0.467. The van der Waals surface area contributed by atoms with E-state index < -0.39 is 29.3 Å². The summed E-state index contributed by atoms with van der Waals surface area (Å²) in [6.45, 7) is 2.55. The number of piperidine rings is 1. The summed E-state index contributed by atoms with van der Waals surface area (Å²) in [7, 11) is 0. The van der Waals surface area contributed by atoms with Crippen molar-refractivity contribution in [3.05, 3.63) is 42.0 Å². The molecular weight excluding hydrogens is 392 g/mol. The third kappa shape index (κ3) is 4.86. The van der Waals surface area contributed by atoms with Gasteiger partial charge in [-0.25, -0.2) is 0 Å². The predicted octanol–water partition coefficient (Wildman–Crippen LogP) is 1.70. The summed E-state index contributed by atoms with van der Waals surface area (Å²) in [6.07, 6.45) is 0.391. The second-order valence-corrected chi connectivity index (χ2v) is 7.19. The number of amides is 2. The Morgan fingerprint density at radius 1 is 1.03 bits per heavy atom. The zero-order valence-corrected chi connectivity index (χ0v) is 16.4. The lowest BCUT2D eigenvalue weighted by Gasteiger charge is -2.33. The molecule has 9 heteroatoms. The number of nitrogens with zero attached hydrogens (tertiary/aromatic N) is 1. The maximum atomic E-state index is 12.6. The fourth-order valence-electron chi connectivity index (χ4n) is 3.28. The van der Waals surface area contributed by atoms with E-state index in [4.69, 9.17) is 4.74 Å². The van der Waals surface area contributed by atoms with Crippen LogP contribution in [-0.4, -0.2) is 62.4 Å². The highest BCUT2D eigenvalue weighted by Crippen LogP contribution is 2.35. The second kappa shape index (κ2) is 8.81. The third-order valence-electron chi connectivity index (χ3n) is 4.97. The Labute approximate surface area is 173 Å². The molecule has 5 N–H and O–H groups in total. The van der Waals surface area contributed by atoms with Crippen molar-refractivity contribution in [2.24, 2.45) is 0 Å². The summed E-state index contributed by atoms with van der Waals surface area (Å²) < 4.78 is 5.63. The van der Waals surface area contributed by atoms with Crippen LogP contribution < -0.4 is 10.1 Å². The number of phenolic OH excluding ortho intramolecular Hbond substituents is 4. The van der Waals surface area contributed by atoms with Crippen molar-refractivity contribution in [3.8, 4) is 28.7 Å². The standard InChI is InChI=1S/C21H24N2O7/c1-12(30-16-4-2-15(24)3-5-16)21(29)23-8-6-14(7-9-23)22-20(28)13-10-17(25)19(27)18(26)11-13/h2-5,10-12,14,24-27H,6-9H2,1H3,(H,22,28). The van der Waals surface area contributed by atoms with Crippen molar-refractivity contribution in [1.29, 1.82) is 0 Å². The number of hydrogen-bond donors (Lipinski definition) is 5. The van der Waals surface area contributed by atoms with Crippen molar-refractivity contribution in [2.45, 2.75) is 31.9 Å². The number of rotatable bonds is 5. The first-order valence-corrected chi connectivity index (χ1v) is 9.55. The van der Waals surface area contributed by atoms with Crippen molar-refractivity contribution < 1.29 is 34.8 Å². The summed E-state index contributed by atoms with van der Waals surface area (Å²) in [5.74, 6) is -1.90. The van der Waals surface area contributed by atoms with E-state index >= 15 is 0 Å². The third-order valence-corrected chi connectivity index (χ3v) is 4.97. The minimum atomic E-state index is -0.691. The largest absolute Gasteiger partial charge is 0.508 e. The summed E-state index contributed by atoms with van der Waals surface area (Å²) in [5.41, 5.74) is 0.0252. The molecule has 2 aromatic rings. The Bertz CT molecular complexity index is 898. The minimum absolute atomic E-state index is 0.0252. The van der Waals surface area contributed by atoms with Gasteiger partial charge in [0.1, 0.15) is 11.5 Å². The Morgan fingerprint density at radius 2 is 1.60 bits per heavy atom. The molecule has 0 aliphatic carbocycles. The van der Waals surface area contributed by atoms with Gasteiger partial charge < -0.3 is 35.4 Å². The number of benzene rings is 2. The molecule has 0 spiro atoms. The average molecular weight is 416 g/mol. The van der Waals surface area contributed by atoms with Crippen LogP contribution in [0.4, 0.5) is 0 Å². The van der Waals surface area contributed by atoms with Crippen molar-refractivity contribution in [3.63, 3.8) is 0 Å². The monoisotopic (exact) mass is 416 g/mol. The SMILES string of the molecule is CC(Oc1ccc(O)cc1)C(=O)N1CCC(NC(=O)c2cc(O)c(O)c(O)c2)CC1. The molecule has 0 aromatic heterocycles. The summed E-state index contributed by atoms with van der Waals surface area (Å²) in [4.78, 5) is 26.6. The molecule has 1 saturated heterocycles. The highest BCUT2D eigenvalue weighted by Gasteiger charge is 2.28. The van der Waals surface area contributed by atoms with Gasteiger partial charge in [0.05, 0.1) is 0 Å². The van der Waals surface area contributed by atoms with E-state index in [-0.39, 0.29) is 23.3 Å². The van der Waals surface area contributed by atoms with Gasteiger partial charge in [0.25, 0.3) is 11.8 Å². The fraction of sp³-hybridized carbons (Fsp3) is 0.333. The normalized spacial score (nSPS) is 15.4. The van der Waals surface area contributed by atoms with Crippen molar-refractivity contribution in [2.75, 3.05) is 13.1 Å². The minimum Gasteiger partial charge on any atom is -0.508 e. The molecule has 30 heavy (non-hydrogen) atoms. The maximum absolute atomic E-state index is 12.6. The number of aromatic hydroxyl groups is 4. The van der Waals surface area contributed by atoms with Crippen LogP contribution in [0.5, 0.6) is 28.7 Å². The van der Waals surface area contributed by atoms with Gasteiger partial charge in [-0.3, -0.25) is 9.59 Å². The smallest absolute Gasteiger partial charge is 0.263 e. The molecule has 1 atom stereocenters. The van der Waals surface area contributed by atoms with Crippen LogP contribution in [0.2, 0.25) is 0 Å². The van der Waals surface area contributed by atoms with Crippen LogP contribution in [0, 0.1) is 0 Å². The number of ether oxygens (including phenoxy) is 1. The summed E-state index contributed by atoms with van der Waals surface area (Å²) in [6, 6.07) is 8.10. The van der Waals surface area contributed by atoms with Crippen LogP contribution in [0.25, 0.3) is 0 Å². The highest BCUT2D eigenvalue weighted by atomic mass is 16.5. The first-order chi connectivity index (χ1) is 14.2. The summed E-state index contributed by atoms with van der Waals surface area (Å²) in [5, 5.41) is 40.6. The molecule has 1 aliphatic heterocycles. The Kier molecular flexibility index (Phi) is 6.20. The van der Waals surface area contributed by atoms with Gasteiger partial charge in [-0.15, -0.1) is 0 Å². The van der Waals surface area contributed by atoms with Gasteiger partial charge in [0.2, 0.25) is 0 Å². The van der Waals surface area contributed by atoms with E-state index in [1.165, 1.54) is 12.1 Å². The molecule has 9 nitrogen and oxygen atoms in total. The van der Waals surface area contributed by atoms with E-state index in [9.17, 15) is 30.0 Å². The van der Waals surface area contributed by atoms with Crippen LogP contribution in [0.15, 0.2) is 36.4 Å². The van der Waals surface area contributed by atoms with Gasteiger partial charge >= 0.3 is 0 Å². The molecule has 0 radical (unpaired) electrons. The topological polar surface area (TPSA) is 140 Å². The molecule has 1 fully saturated rings. The van der Waals surface area contributed by atoms with E-state index in [1.807, 2.05) is 0 Å². The molecule has 1 heterocycles. The van der Waals surface area contributed by atoms with Gasteiger partial charge in [-0.2, -0.15) is 0 Å². The Hall–Kier alpha value is -3.62. The second-order valence-electron chi connectivity index (χ2n) is 7.19. The molecule has 0 saturated carbocycles. The molecule has 0 bridgehead atoms. The number of phenols is 4. The van der Waals surface area contributed by atoms with Gasteiger partial charge in [0, 0.05) is 24.7 Å². The first kappa shape index (κ1) is 21.1. The van der Waals surface area contributed by atoms with E-state index in [0.29, 0.717) is 31.7 Å². The molecule has 160 valence electrons. The zero-order valence-electron chi connectivity index (χ0n) is 16.4. The van der Waals surface area contributed by atoms with Gasteiger partial charge in [-0.1, -0.05) is 0 Å². The lowest BCUT2D eigenvalue weighted by Crippen LogP contribution is -2.49. The van der Waals surface area contributed by atoms with Crippen LogP contribution >= 0.6 is 0 Å². The number of carbonyl (C=O) groups excluding carboxylic acids is 2. The van der Waals surface area contributed by atoms with Crippen LogP contribution in [-0.2, 0) is 4.79 Å². The summed E-state index contributed by atoms with van der Waals surface area (Å²) >= 11 is 0. The molecule has 3 rings (SSSR count). The van der Waals surface area contributed by atoms with E-state index in [2.05, 4.69) is 5.32 Å². The van der Waals surface area contributed by atoms with E-state index in [0.717, 1.165) is 12.1 Å². The number of carbonyl (C=O) groups is 2. The molecular formula is C21H24N2O7. The highest BCUT2D eigenvalue weighted by molar-refractivity contribution is 5.95. The molecule has 2 aromatic carbocycles. The number of likely N-dealkylation sites (tertiary alicyclic amines) is 1. The van der Waals surface area contributed by atoms with E-state index in [1.54, 1.807) is 24.0 Å². The lowest BCUT2D eigenvalue weighted by molar-refractivity contribution is -0.139. The van der Waals surface area contributed by atoms with Crippen LogP contribution in [0.1, 0.15) is 30.1 Å². The molecule has 1 unspecified atom stereocenters. The Morgan fingerprint density at radius 3 is 2.17 bits per heavy atom.